The third-order valence-electron chi connectivity index (χ3n) is 7.47. The Bertz CT molecular complexity index is 1360. The van der Waals surface area contributed by atoms with Gasteiger partial charge >= 0.3 is 0 Å². The number of aryl methyl sites for hydroxylation is 1. The standard InChI is InChI=1S/C28H27N3O2/c1-18-21-7-3-5-9-23(21)29-26(18)28-15-16-31(27(28)30-24-10-6-4-8-22(24)28)25(32)17-19-11-13-20(33-2)14-12-19/h3-14,27,29-30H,15-17H2,1-2H3. The highest BCUT2D eigenvalue weighted by Gasteiger charge is 2.57. The fraction of sp³-hybridized carbons (Fsp3) is 0.250. The van der Waals surface area contributed by atoms with Gasteiger partial charge in [0.1, 0.15) is 11.9 Å². The third-order valence-corrected chi connectivity index (χ3v) is 7.47. The lowest BCUT2D eigenvalue weighted by Crippen LogP contribution is -2.47. The van der Waals surface area contributed by atoms with Crippen molar-refractivity contribution in [2.75, 3.05) is 19.0 Å². The van der Waals surface area contributed by atoms with Crippen molar-refractivity contribution in [2.45, 2.75) is 31.3 Å². The molecule has 33 heavy (non-hydrogen) atoms. The van der Waals surface area contributed by atoms with Crippen molar-refractivity contribution < 1.29 is 9.53 Å². The molecule has 3 aromatic carbocycles. The molecule has 5 heteroatoms. The van der Waals surface area contributed by atoms with E-state index in [0.29, 0.717) is 6.42 Å². The molecule has 5 nitrogen and oxygen atoms in total. The minimum atomic E-state index is -0.296. The number of amides is 1. The average Bonchev–Trinajstić information content (AvgIpc) is 3.48. The van der Waals surface area contributed by atoms with E-state index in [-0.39, 0.29) is 17.5 Å². The van der Waals surface area contributed by atoms with Crippen molar-refractivity contribution in [3.63, 3.8) is 0 Å². The molecule has 1 fully saturated rings. The number of H-pyrrole nitrogens is 1. The molecular weight excluding hydrogens is 410 g/mol. The fourth-order valence-corrected chi connectivity index (χ4v) is 5.87. The Balaban J connectivity index is 1.41. The summed E-state index contributed by atoms with van der Waals surface area (Å²) in [5.74, 6) is 0.940. The van der Waals surface area contributed by atoms with E-state index >= 15 is 0 Å². The molecule has 2 unspecified atom stereocenters. The van der Waals surface area contributed by atoms with Crippen LogP contribution >= 0.6 is 0 Å². The van der Waals surface area contributed by atoms with E-state index in [4.69, 9.17) is 4.74 Å². The van der Waals surface area contributed by atoms with Crippen molar-refractivity contribution in [3.8, 4) is 5.75 Å². The first kappa shape index (κ1) is 19.9. The molecule has 0 bridgehead atoms. The van der Waals surface area contributed by atoms with Crippen molar-refractivity contribution >= 4 is 22.5 Å². The number of methoxy groups -OCH3 is 1. The zero-order chi connectivity index (χ0) is 22.6. The Morgan fingerprint density at radius 3 is 2.61 bits per heavy atom. The van der Waals surface area contributed by atoms with Gasteiger partial charge in [-0.3, -0.25) is 4.79 Å². The number of nitrogens with one attached hydrogen (secondary N) is 2. The van der Waals surface area contributed by atoms with Crippen molar-refractivity contribution in [1.29, 1.82) is 0 Å². The summed E-state index contributed by atoms with van der Waals surface area (Å²) >= 11 is 0. The highest BCUT2D eigenvalue weighted by atomic mass is 16.5. The first-order valence-electron chi connectivity index (χ1n) is 11.5. The molecule has 4 aromatic rings. The second-order valence-electron chi connectivity index (χ2n) is 9.10. The van der Waals surface area contributed by atoms with Crippen LogP contribution in [0.4, 0.5) is 5.69 Å². The smallest absolute Gasteiger partial charge is 0.228 e. The molecule has 1 saturated heterocycles. The van der Waals surface area contributed by atoms with E-state index in [2.05, 4.69) is 65.8 Å². The number of nitrogens with zero attached hydrogens (tertiary/aromatic N) is 1. The molecule has 2 aliphatic rings. The zero-order valence-corrected chi connectivity index (χ0v) is 18.9. The van der Waals surface area contributed by atoms with E-state index in [1.165, 1.54) is 22.2 Å². The Morgan fingerprint density at radius 2 is 1.82 bits per heavy atom. The maximum atomic E-state index is 13.5. The van der Waals surface area contributed by atoms with Crippen LogP contribution in [0.1, 0.15) is 28.8 Å². The molecule has 2 atom stereocenters. The topological polar surface area (TPSA) is 57.4 Å². The Hall–Kier alpha value is -3.73. The number of carbonyl (C=O) groups is 1. The normalized spacial score (nSPS) is 21.0. The van der Waals surface area contributed by atoms with E-state index in [1.54, 1.807) is 7.11 Å². The second kappa shape index (κ2) is 7.41. The lowest BCUT2D eigenvalue weighted by atomic mass is 9.75. The van der Waals surface area contributed by atoms with Crippen molar-refractivity contribution in [3.05, 3.63) is 95.2 Å². The van der Waals surface area contributed by atoms with Gasteiger partial charge in [0, 0.05) is 28.8 Å². The quantitative estimate of drug-likeness (QED) is 0.473. The molecule has 166 valence electrons. The minimum Gasteiger partial charge on any atom is -0.497 e. The van der Waals surface area contributed by atoms with Gasteiger partial charge in [0.2, 0.25) is 5.91 Å². The summed E-state index contributed by atoms with van der Waals surface area (Å²) in [7, 11) is 1.65. The highest BCUT2D eigenvalue weighted by molar-refractivity contribution is 5.87. The van der Waals surface area contributed by atoms with Crippen LogP contribution in [0, 0.1) is 6.92 Å². The van der Waals surface area contributed by atoms with Crippen LogP contribution in [0.25, 0.3) is 10.9 Å². The number of carbonyl (C=O) groups excluding carboxylic acids is 1. The molecule has 1 amide bonds. The van der Waals surface area contributed by atoms with Crippen LogP contribution in [-0.2, 0) is 16.6 Å². The van der Waals surface area contributed by atoms with E-state index in [0.717, 1.165) is 35.5 Å². The molecule has 0 aliphatic carbocycles. The number of rotatable bonds is 4. The number of ether oxygens (including phenoxy) is 1. The Labute approximate surface area is 193 Å². The summed E-state index contributed by atoms with van der Waals surface area (Å²) in [6.45, 7) is 2.92. The van der Waals surface area contributed by atoms with Crippen LogP contribution in [0.15, 0.2) is 72.8 Å². The van der Waals surface area contributed by atoms with Crippen LogP contribution < -0.4 is 10.1 Å². The first-order chi connectivity index (χ1) is 16.1. The first-order valence-corrected chi connectivity index (χ1v) is 11.5. The molecule has 2 N–H and O–H groups in total. The van der Waals surface area contributed by atoms with Gasteiger partial charge in [-0.2, -0.15) is 0 Å². The van der Waals surface area contributed by atoms with Gasteiger partial charge in [0.15, 0.2) is 0 Å². The summed E-state index contributed by atoms with van der Waals surface area (Å²) < 4.78 is 5.26. The molecule has 3 heterocycles. The Kier molecular flexibility index (Phi) is 4.47. The predicted octanol–water partition coefficient (Wildman–Crippen LogP) is 5.00. The zero-order valence-electron chi connectivity index (χ0n) is 18.9. The molecule has 0 radical (unpaired) electrons. The molecule has 0 saturated carbocycles. The van der Waals surface area contributed by atoms with Crippen molar-refractivity contribution in [2.24, 2.45) is 0 Å². The lowest BCUT2D eigenvalue weighted by molar-refractivity contribution is -0.131. The van der Waals surface area contributed by atoms with E-state index < -0.39 is 0 Å². The molecule has 2 aliphatic heterocycles. The fourth-order valence-electron chi connectivity index (χ4n) is 5.87. The van der Waals surface area contributed by atoms with Crippen LogP contribution in [-0.4, -0.2) is 35.6 Å². The van der Waals surface area contributed by atoms with Gasteiger partial charge in [0.05, 0.1) is 18.9 Å². The number of hydrogen-bond donors (Lipinski definition) is 2. The number of aromatic amines is 1. The number of likely N-dealkylation sites (tertiary alicyclic amines) is 1. The summed E-state index contributed by atoms with van der Waals surface area (Å²) in [4.78, 5) is 19.3. The number of hydrogen-bond acceptors (Lipinski definition) is 3. The van der Waals surface area contributed by atoms with Gasteiger partial charge in [0.25, 0.3) is 0 Å². The van der Waals surface area contributed by atoms with Gasteiger partial charge in [-0.1, -0.05) is 48.5 Å². The summed E-state index contributed by atoms with van der Waals surface area (Å²) in [5.41, 5.74) is 6.70. The highest BCUT2D eigenvalue weighted by Crippen LogP contribution is 2.53. The van der Waals surface area contributed by atoms with E-state index in [1.807, 2.05) is 29.2 Å². The monoisotopic (exact) mass is 437 g/mol. The van der Waals surface area contributed by atoms with Gasteiger partial charge in [-0.25, -0.2) is 0 Å². The number of fused-ring (bicyclic) bond motifs is 4. The third kappa shape index (κ3) is 2.88. The van der Waals surface area contributed by atoms with Crippen LogP contribution in [0.3, 0.4) is 0 Å². The van der Waals surface area contributed by atoms with Crippen molar-refractivity contribution in [1.82, 2.24) is 9.88 Å². The number of para-hydroxylation sites is 2. The average molecular weight is 438 g/mol. The summed E-state index contributed by atoms with van der Waals surface area (Å²) in [6, 6.07) is 24.7. The van der Waals surface area contributed by atoms with Crippen LogP contribution in [0.5, 0.6) is 5.75 Å². The molecule has 0 spiro atoms. The summed E-state index contributed by atoms with van der Waals surface area (Å²) in [5, 5.41) is 4.95. The number of aromatic nitrogens is 1. The maximum absolute atomic E-state index is 13.5. The number of anilines is 1. The molecular formula is C28H27N3O2. The Morgan fingerprint density at radius 1 is 1.06 bits per heavy atom. The predicted molar refractivity (Wildman–Crippen MR) is 131 cm³/mol. The van der Waals surface area contributed by atoms with Gasteiger partial charge in [-0.05, 0) is 54.3 Å². The largest absolute Gasteiger partial charge is 0.497 e. The summed E-state index contributed by atoms with van der Waals surface area (Å²) in [6.07, 6.45) is 1.14. The lowest BCUT2D eigenvalue weighted by Gasteiger charge is -2.33. The maximum Gasteiger partial charge on any atom is 0.228 e. The van der Waals surface area contributed by atoms with Gasteiger partial charge < -0.3 is 19.9 Å². The van der Waals surface area contributed by atoms with Crippen LogP contribution in [0.2, 0.25) is 0 Å². The SMILES string of the molecule is COc1ccc(CC(=O)N2CCC3(c4[nH]c5ccccc5c4C)c4ccccc4NC23)cc1. The second-order valence-corrected chi connectivity index (χ2v) is 9.10. The van der Waals surface area contributed by atoms with E-state index in [9.17, 15) is 4.79 Å². The molecule has 1 aromatic heterocycles. The molecule has 6 rings (SSSR count). The minimum absolute atomic E-state index is 0.118. The number of benzene rings is 3. The van der Waals surface area contributed by atoms with Gasteiger partial charge in [-0.15, -0.1) is 0 Å².